The van der Waals surface area contributed by atoms with E-state index in [2.05, 4.69) is 37.4 Å². The first-order chi connectivity index (χ1) is 9.08. The van der Waals surface area contributed by atoms with Crippen molar-refractivity contribution in [3.05, 3.63) is 0 Å². The number of hydrogen-bond donors (Lipinski definition) is 0. The number of hydrogen-bond acceptors (Lipinski definition) is 4. The quantitative estimate of drug-likeness (QED) is 0.793. The molecule has 0 amide bonds. The number of ether oxygens (including phenoxy) is 2. The first kappa shape index (κ1) is 11.8. The summed E-state index contributed by atoms with van der Waals surface area (Å²) in [6, 6.07) is 0. The van der Waals surface area contributed by atoms with E-state index < -0.39 is 0 Å². The Labute approximate surface area is 119 Å². The number of unbranched alkanes of at least 4 members (excludes halogenated alkanes) is 1. The van der Waals surface area contributed by atoms with Gasteiger partial charge in [0.1, 0.15) is 11.2 Å². The Morgan fingerprint density at radius 1 is 1.26 bits per heavy atom. The van der Waals surface area contributed by atoms with Gasteiger partial charge in [-0.1, -0.05) is 13.3 Å². The van der Waals surface area contributed by atoms with Crippen LogP contribution in [0.1, 0.15) is 40.0 Å². The van der Waals surface area contributed by atoms with Gasteiger partial charge >= 0.3 is 0 Å². The van der Waals surface area contributed by atoms with E-state index in [0.717, 1.165) is 11.8 Å². The highest BCUT2D eigenvalue weighted by atomic mass is 32.2. The van der Waals surface area contributed by atoms with Crippen molar-refractivity contribution in [2.75, 3.05) is 6.54 Å². The molecule has 0 aromatic heterocycles. The third-order valence-electron chi connectivity index (χ3n) is 6.46. The van der Waals surface area contributed by atoms with Gasteiger partial charge in [-0.15, -0.1) is 11.8 Å². The molecule has 106 valence electrons. The smallest absolute Gasteiger partial charge is 0.173 e. The van der Waals surface area contributed by atoms with Gasteiger partial charge in [0.15, 0.2) is 5.79 Å². The third kappa shape index (κ3) is 1.13. The Balaban J connectivity index is 1.61. The van der Waals surface area contributed by atoms with Gasteiger partial charge in [0, 0.05) is 24.3 Å². The summed E-state index contributed by atoms with van der Waals surface area (Å²) in [5.41, 5.74) is 0.340. The molecule has 1 saturated carbocycles. The Hall–Kier alpha value is 0.230. The Bertz CT molecular complexity index is 446. The second kappa shape index (κ2) is 3.34. The van der Waals surface area contributed by atoms with Crippen LogP contribution in [-0.2, 0) is 9.47 Å². The second-order valence-corrected chi connectivity index (χ2v) is 8.57. The minimum atomic E-state index is -0.299. The lowest BCUT2D eigenvalue weighted by atomic mass is 9.83. The van der Waals surface area contributed by atoms with Crippen molar-refractivity contribution in [2.24, 2.45) is 23.7 Å². The van der Waals surface area contributed by atoms with Crippen molar-refractivity contribution in [3.63, 3.8) is 0 Å². The van der Waals surface area contributed by atoms with Crippen molar-refractivity contribution >= 4 is 11.8 Å². The summed E-state index contributed by atoms with van der Waals surface area (Å²) < 4.78 is 12.9. The predicted molar refractivity (Wildman–Crippen MR) is 74.3 cm³/mol. The molecule has 0 spiro atoms. The Morgan fingerprint density at radius 2 is 2.11 bits per heavy atom. The molecule has 4 saturated heterocycles. The van der Waals surface area contributed by atoms with Gasteiger partial charge < -0.3 is 9.47 Å². The van der Waals surface area contributed by atoms with Crippen LogP contribution in [0.2, 0.25) is 0 Å². The molecule has 5 fully saturated rings. The normalized spacial score (nSPS) is 64.6. The molecule has 0 radical (unpaired) electrons. The van der Waals surface area contributed by atoms with Crippen LogP contribution in [0.15, 0.2) is 0 Å². The summed E-state index contributed by atoms with van der Waals surface area (Å²) in [7, 11) is 0. The Kier molecular flexibility index (Phi) is 2.08. The molecule has 19 heavy (non-hydrogen) atoms. The molecule has 1 aliphatic carbocycles. The van der Waals surface area contributed by atoms with E-state index in [1.54, 1.807) is 0 Å². The minimum absolute atomic E-state index is 0.0585. The van der Waals surface area contributed by atoms with E-state index in [1.807, 2.05) is 0 Å². The summed E-state index contributed by atoms with van der Waals surface area (Å²) in [4.78, 5) is 2.69. The van der Waals surface area contributed by atoms with Crippen LogP contribution in [0, 0.1) is 23.7 Å². The average molecular weight is 281 g/mol. The highest BCUT2D eigenvalue weighted by molar-refractivity contribution is 8.00. The van der Waals surface area contributed by atoms with Crippen LogP contribution in [-0.4, -0.2) is 33.8 Å². The minimum Gasteiger partial charge on any atom is -0.336 e. The van der Waals surface area contributed by atoms with Gasteiger partial charge in [-0.05, 0) is 32.6 Å². The molecule has 4 aliphatic heterocycles. The predicted octanol–water partition coefficient (Wildman–Crippen LogP) is 2.86. The lowest BCUT2D eigenvalue weighted by Crippen LogP contribution is -2.52. The molecule has 8 atom stereocenters. The van der Waals surface area contributed by atoms with Crippen molar-refractivity contribution in [2.45, 2.75) is 62.4 Å². The van der Waals surface area contributed by atoms with Crippen LogP contribution < -0.4 is 0 Å². The topological polar surface area (TPSA) is 21.7 Å². The highest BCUT2D eigenvalue weighted by Crippen LogP contribution is 2.75. The number of thioether (sulfide) groups is 1. The fourth-order valence-electron chi connectivity index (χ4n) is 5.98. The molecule has 0 unspecified atom stereocenters. The third-order valence-corrected chi connectivity index (χ3v) is 8.05. The zero-order valence-electron chi connectivity index (χ0n) is 12.0. The van der Waals surface area contributed by atoms with Crippen molar-refractivity contribution in [3.8, 4) is 0 Å². The van der Waals surface area contributed by atoms with Gasteiger partial charge in [0.25, 0.3) is 0 Å². The molecule has 3 nitrogen and oxygen atoms in total. The second-order valence-electron chi connectivity index (χ2n) is 7.35. The van der Waals surface area contributed by atoms with Gasteiger partial charge in [0.2, 0.25) is 0 Å². The van der Waals surface area contributed by atoms with E-state index >= 15 is 0 Å². The van der Waals surface area contributed by atoms with E-state index in [0.29, 0.717) is 22.6 Å². The molecule has 0 aromatic rings. The van der Waals surface area contributed by atoms with E-state index in [-0.39, 0.29) is 11.5 Å². The van der Waals surface area contributed by atoms with Crippen molar-refractivity contribution in [1.29, 1.82) is 0 Å². The van der Waals surface area contributed by atoms with Crippen LogP contribution in [0.5, 0.6) is 0 Å². The molecule has 4 heteroatoms. The van der Waals surface area contributed by atoms with Crippen molar-refractivity contribution < 1.29 is 9.47 Å². The Morgan fingerprint density at radius 3 is 2.89 bits per heavy atom. The fourth-order valence-corrected chi connectivity index (χ4v) is 7.93. The molecular weight excluding hydrogens is 258 g/mol. The van der Waals surface area contributed by atoms with Crippen LogP contribution in [0.25, 0.3) is 0 Å². The highest BCUT2D eigenvalue weighted by Gasteiger charge is 2.80. The van der Waals surface area contributed by atoms with Gasteiger partial charge in [0.05, 0.1) is 5.37 Å². The maximum absolute atomic E-state index is 6.59. The average Bonchev–Trinajstić information content (AvgIpc) is 2.95. The van der Waals surface area contributed by atoms with Crippen molar-refractivity contribution in [1.82, 2.24) is 4.90 Å². The van der Waals surface area contributed by atoms with Crippen LogP contribution in [0.3, 0.4) is 0 Å². The molecular formula is C15H23NO2S. The number of rotatable bonds is 3. The monoisotopic (exact) mass is 281 g/mol. The van der Waals surface area contributed by atoms with E-state index in [4.69, 9.17) is 9.47 Å². The van der Waals surface area contributed by atoms with E-state index in [1.165, 1.54) is 25.8 Å². The van der Waals surface area contributed by atoms with Gasteiger partial charge in [-0.3, -0.25) is 4.90 Å². The van der Waals surface area contributed by atoms with Crippen LogP contribution >= 0.6 is 11.8 Å². The summed E-state index contributed by atoms with van der Waals surface area (Å²) in [6.45, 7) is 8.02. The molecule has 5 aliphatic rings. The lowest BCUT2D eigenvalue weighted by Gasteiger charge is -2.44. The lowest BCUT2D eigenvalue weighted by molar-refractivity contribution is -0.267. The summed E-state index contributed by atoms with van der Waals surface area (Å²) >= 11 is 2.11. The summed E-state index contributed by atoms with van der Waals surface area (Å²) in [6.07, 6.45) is 3.93. The largest absolute Gasteiger partial charge is 0.336 e. The fraction of sp³-hybridized carbons (Fsp3) is 1.00. The molecule has 0 N–H and O–H groups in total. The number of likely N-dealkylation sites (tertiary alicyclic amines) is 1. The number of nitrogens with zero attached hydrogens (tertiary/aromatic N) is 1. The molecule has 5 rings (SSSR count). The molecule has 2 bridgehead atoms. The van der Waals surface area contributed by atoms with Gasteiger partial charge in [-0.2, -0.15) is 0 Å². The maximum atomic E-state index is 6.59. The SMILES string of the molecule is CCCCN1[C@@H]2S[C@@H]3O[C@]4(C)O[C@@]1(C)[C@@H]1[C@H]2C[C@H]3[C@H]14. The zero-order valence-corrected chi connectivity index (χ0v) is 12.8. The van der Waals surface area contributed by atoms with E-state index in [9.17, 15) is 0 Å². The zero-order chi connectivity index (χ0) is 13.0. The first-order valence-corrected chi connectivity index (χ1v) is 8.83. The first-order valence-electron chi connectivity index (χ1n) is 7.89. The molecule has 4 heterocycles. The summed E-state index contributed by atoms with van der Waals surface area (Å²) in [5, 5.41) is 0.651. The standard InChI is InChI=1S/C15H23NO2S/c1-4-5-6-16-12-8-7-9-11-10(8)14(16,2)18-15(11,3)17-13(9)19-12/h8-13H,4-7H2,1-3H3/t8-,9+,10-,11-,12-,13+,14+,15-/m1/s1. The maximum Gasteiger partial charge on any atom is 0.173 e. The molecule has 0 aromatic carbocycles. The van der Waals surface area contributed by atoms with Crippen LogP contribution in [0.4, 0.5) is 0 Å². The van der Waals surface area contributed by atoms with Gasteiger partial charge in [-0.25, -0.2) is 0 Å². The summed E-state index contributed by atoms with van der Waals surface area (Å²) in [5.74, 6) is 2.67.